The fourth-order valence-electron chi connectivity index (χ4n) is 1.40. The monoisotopic (exact) mass is 288 g/mol. The first-order valence-electron chi connectivity index (χ1n) is 5.44. The number of benzene rings is 1. The van der Waals surface area contributed by atoms with E-state index >= 15 is 0 Å². The Bertz CT molecular complexity index is 583. The second kappa shape index (κ2) is 6.00. The predicted octanol–water partition coefficient (Wildman–Crippen LogP) is 0.492. The fraction of sp³-hybridized carbons (Fsp3) is 0.364. The highest BCUT2D eigenvalue weighted by Gasteiger charge is 2.14. The molecule has 8 heteroatoms. The third-order valence-electron chi connectivity index (χ3n) is 2.53. The Hall–Kier alpha value is -1.64. The van der Waals surface area contributed by atoms with Crippen molar-refractivity contribution in [2.24, 2.45) is 5.14 Å². The summed E-state index contributed by atoms with van der Waals surface area (Å²) in [5, 5.41) is 16.0. The van der Waals surface area contributed by atoms with Crippen LogP contribution in [0.3, 0.4) is 0 Å². The summed E-state index contributed by atoms with van der Waals surface area (Å²) in [5.74, 6) is 0. The fourth-order valence-corrected chi connectivity index (χ4v) is 2.03. The van der Waals surface area contributed by atoms with Gasteiger partial charge in [-0.1, -0.05) is 0 Å². The lowest BCUT2D eigenvalue weighted by Gasteiger charge is -2.12. The van der Waals surface area contributed by atoms with Crippen LogP contribution < -0.4 is 10.5 Å². The van der Waals surface area contributed by atoms with Crippen LogP contribution in [-0.2, 0) is 14.8 Å². The Balaban J connectivity index is 3.07. The second-order valence-corrected chi connectivity index (χ2v) is 5.50. The molecule has 7 nitrogen and oxygen atoms in total. The van der Waals surface area contributed by atoms with Crippen molar-refractivity contribution in [2.75, 3.05) is 18.5 Å². The normalized spacial score (nSPS) is 11.2. The zero-order valence-electron chi connectivity index (χ0n) is 10.6. The van der Waals surface area contributed by atoms with Crippen LogP contribution in [0, 0.1) is 13.8 Å². The Kier molecular flexibility index (Phi) is 4.87. The molecular weight excluding hydrogens is 272 g/mol. The number of primary sulfonamides is 1. The Labute approximate surface area is 111 Å². The molecule has 0 spiro atoms. The molecule has 0 saturated carbocycles. The molecule has 0 unspecified atom stereocenters. The summed E-state index contributed by atoms with van der Waals surface area (Å²) in [6.45, 7) is 3.00. The highest BCUT2D eigenvalue weighted by Crippen LogP contribution is 2.23. The third-order valence-corrected chi connectivity index (χ3v) is 3.42. The molecule has 0 aliphatic carbocycles. The van der Waals surface area contributed by atoms with Crippen molar-refractivity contribution in [2.45, 2.75) is 18.7 Å². The van der Waals surface area contributed by atoms with Gasteiger partial charge in [-0.3, -0.25) is 5.32 Å². The largest absolute Gasteiger partial charge is 0.447 e. The maximum Gasteiger partial charge on any atom is 0.411 e. The first-order valence-corrected chi connectivity index (χ1v) is 6.99. The zero-order valence-corrected chi connectivity index (χ0v) is 11.5. The zero-order chi connectivity index (χ0) is 14.6. The maximum absolute atomic E-state index is 11.4. The van der Waals surface area contributed by atoms with Gasteiger partial charge < -0.3 is 9.84 Å². The molecule has 106 valence electrons. The van der Waals surface area contributed by atoms with Crippen molar-refractivity contribution in [3.63, 3.8) is 0 Å². The van der Waals surface area contributed by atoms with E-state index in [1.54, 1.807) is 13.8 Å². The number of carbonyl (C=O) groups is 1. The molecule has 1 aromatic rings. The molecule has 0 atom stereocenters. The summed E-state index contributed by atoms with van der Waals surface area (Å²) in [6, 6.07) is 2.69. The first-order chi connectivity index (χ1) is 8.75. The summed E-state index contributed by atoms with van der Waals surface area (Å²) in [5.41, 5.74) is 1.67. The first kappa shape index (κ1) is 15.4. The minimum atomic E-state index is -3.85. The topological polar surface area (TPSA) is 119 Å². The summed E-state index contributed by atoms with van der Waals surface area (Å²) in [6.07, 6.45) is -0.775. The number of nitrogens with two attached hydrogens (primary N) is 1. The van der Waals surface area contributed by atoms with Crippen molar-refractivity contribution >= 4 is 21.8 Å². The summed E-state index contributed by atoms with van der Waals surface area (Å²) in [4.78, 5) is 11.3. The number of aliphatic hydroxyl groups excluding tert-OH is 1. The lowest BCUT2D eigenvalue weighted by molar-refractivity contribution is 0.131. The molecule has 19 heavy (non-hydrogen) atoms. The van der Waals surface area contributed by atoms with Crippen LogP contribution in [0.1, 0.15) is 11.1 Å². The van der Waals surface area contributed by atoms with Crippen LogP contribution in [-0.4, -0.2) is 32.8 Å². The summed E-state index contributed by atoms with van der Waals surface area (Å²) < 4.78 is 27.2. The number of rotatable bonds is 4. The van der Waals surface area contributed by atoms with Crippen LogP contribution in [0.5, 0.6) is 0 Å². The number of hydrogen-bond donors (Lipinski definition) is 3. The van der Waals surface area contributed by atoms with E-state index in [1.807, 2.05) is 0 Å². The molecule has 1 aromatic carbocycles. The second-order valence-electron chi connectivity index (χ2n) is 3.94. The minimum absolute atomic E-state index is 0.0898. The van der Waals surface area contributed by atoms with Crippen molar-refractivity contribution in [3.05, 3.63) is 23.3 Å². The summed E-state index contributed by atoms with van der Waals surface area (Å²) >= 11 is 0. The van der Waals surface area contributed by atoms with Gasteiger partial charge in [0, 0.05) is 5.69 Å². The average Bonchev–Trinajstić information content (AvgIpc) is 2.30. The number of carbonyl (C=O) groups excluding carboxylic acids is 1. The lowest BCUT2D eigenvalue weighted by Crippen LogP contribution is -2.18. The van der Waals surface area contributed by atoms with Gasteiger partial charge in [0.25, 0.3) is 0 Å². The molecule has 0 aliphatic rings. The molecule has 0 aromatic heterocycles. The maximum atomic E-state index is 11.4. The quantitative estimate of drug-likeness (QED) is 0.745. The van der Waals surface area contributed by atoms with Gasteiger partial charge in [0.05, 0.1) is 11.5 Å². The molecule has 0 bridgehead atoms. The third kappa shape index (κ3) is 4.19. The molecular formula is C11H16N2O5S. The van der Waals surface area contributed by atoms with E-state index in [-0.39, 0.29) is 18.1 Å². The summed E-state index contributed by atoms with van der Waals surface area (Å²) in [7, 11) is -3.85. The number of ether oxygens (including phenoxy) is 1. The molecule has 1 rings (SSSR count). The van der Waals surface area contributed by atoms with Crippen LogP contribution in [0.2, 0.25) is 0 Å². The molecule has 0 heterocycles. The van der Waals surface area contributed by atoms with Gasteiger partial charge in [0.1, 0.15) is 6.61 Å². The number of hydrogen-bond acceptors (Lipinski definition) is 5. The highest BCUT2D eigenvalue weighted by atomic mass is 32.2. The van der Waals surface area contributed by atoms with Gasteiger partial charge in [-0.2, -0.15) is 0 Å². The number of amides is 1. The van der Waals surface area contributed by atoms with E-state index in [0.717, 1.165) is 0 Å². The smallest absolute Gasteiger partial charge is 0.411 e. The van der Waals surface area contributed by atoms with E-state index in [2.05, 4.69) is 10.1 Å². The molecule has 1 amide bonds. The number of aryl methyl sites for hydroxylation is 1. The Morgan fingerprint density at radius 2 is 2.05 bits per heavy atom. The van der Waals surface area contributed by atoms with Gasteiger partial charge in [0.15, 0.2) is 0 Å². The SMILES string of the molecule is Cc1cc(S(N)(=O)=O)cc(NC(=O)OCCO)c1C. The van der Waals surface area contributed by atoms with E-state index in [9.17, 15) is 13.2 Å². The standard InChI is InChI=1S/C11H16N2O5S/c1-7-5-9(19(12,16)17)6-10(8(7)2)13-11(15)18-4-3-14/h5-6,14H,3-4H2,1-2H3,(H,13,15)(H2,12,16,17). The van der Waals surface area contributed by atoms with E-state index in [1.165, 1.54) is 12.1 Å². The average molecular weight is 288 g/mol. The van der Waals surface area contributed by atoms with Gasteiger partial charge in [-0.05, 0) is 37.1 Å². The highest BCUT2D eigenvalue weighted by molar-refractivity contribution is 7.89. The number of sulfonamides is 1. The van der Waals surface area contributed by atoms with Crippen molar-refractivity contribution in [3.8, 4) is 0 Å². The van der Waals surface area contributed by atoms with Crippen LogP contribution in [0.15, 0.2) is 17.0 Å². The molecule has 4 N–H and O–H groups in total. The van der Waals surface area contributed by atoms with Crippen LogP contribution in [0.4, 0.5) is 10.5 Å². The van der Waals surface area contributed by atoms with E-state index in [4.69, 9.17) is 10.2 Å². The van der Waals surface area contributed by atoms with Crippen molar-refractivity contribution < 1.29 is 23.1 Å². The molecule has 0 aliphatic heterocycles. The van der Waals surface area contributed by atoms with Gasteiger partial charge >= 0.3 is 6.09 Å². The van der Waals surface area contributed by atoms with Gasteiger partial charge in [-0.25, -0.2) is 18.4 Å². The molecule has 0 fully saturated rings. The van der Waals surface area contributed by atoms with E-state index in [0.29, 0.717) is 16.8 Å². The predicted molar refractivity (Wildman–Crippen MR) is 69.3 cm³/mol. The Morgan fingerprint density at radius 1 is 1.42 bits per heavy atom. The molecule has 0 radical (unpaired) electrons. The Morgan fingerprint density at radius 3 is 2.58 bits per heavy atom. The number of nitrogens with one attached hydrogen (secondary N) is 1. The number of aliphatic hydroxyl groups is 1. The van der Waals surface area contributed by atoms with Gasteiger partial charge in [0.2, 0.25) is 10.0 Å². The van der Waals surface area contributed by atoms with Gasteiger partial charge in [-0.15, -0.1) is 0 Å². The van der Waals surface area contributed by atoms with Crippen LogP contribution >= 0.6 is 0 Å². The lowest BCUT2D eigenvalue weighted by atomic mass is 10.1. The number of anilines is 1. The van der Waals surface area contributed by atoms with Crippen LogP contribution in [0.25, 0.3) is 0 Å². The minimum Gasteiger partial charge on any atom is -0.447 e. The van der Waals surface area contributed by atoms with Crippen molar-refractivity contribution in [1.82, 2.24) is 0 Å². The van der Waals surface area contributed by atoms with E-state index < -0.39 is 16.1 Å². The van der Waals surface area contributed by atoms with Crippen molar-refractivity contribution in [1.29, 1.82) is 0 Å². The molecule has 0 saturated heterocycles.